The highest BCUT2D eigenvalue weighted by atomic mass is 19.4. The van der Waals surface area contributed by atoms with Crippen LogP contribution >= 0.6 is 0 Å². The quantitative estimate of drug-likeness (QED) is 0.274. The van der Waals surface area contributed by atoms with E-state index in [9.17, 15) is 23.3 Å². The highest BCUT2D eigenvalue weighted by molar-refractivity contribution is 5.51. The minimum absolute atomic E-state index is 0.219. The van der Waals surface area contributed by atoms with Crippen molar-refractivity contribution in [2.45, 2.75) is 25.4 Å². The Hall–Kier alpha value is -4.26. The number of benzene rings is 2. The van der Waals surface area contributed by atoms with Crippen LogP contribution < -0.4 is 19.1 Å². The molecule has 0 amide bonds. The maximum Gasteiger partial charge on any atom is 0.573 e. The lowest BCUT2D eigenvalue weighted by molar-refractivity contribution is -0.389. The second kappa shape index (κ2) is 11.1. The molecule has 212 valence electrons. The molecule has 2 aliphatic heterocycles. The summed E-state index contributed by atoms with van der Waals surface area (Å²) in [6, 6.07) is 13.9. The molecule has 0 bridgehead atoms. The third-order valence-corrected chi connectivity index (χ3v) is 6.66. The van der Waals surface area contributed by atoms with Crippen molar-refractivity contribution >= 4 is 17.6 Å². The summed E-state index contributed by atoms with van der Waals surface area (Å²) < 4.78 is 54.1. The van der Waals surface area contributed by atoms with Gasteiger partial charge in [0, 0.05) is 43.4 Å². The molecule has 1 fully saturated rings. The van der Waals surface area contributed by atoms with Crippen molar-refractivity contribution in [3.8, 4) is 17.5 Å². The van der Waals surface area contributed by atoms with Crippen molar-refractivity contribution in [1.29, 1.82) is 0 Å². The van der Waals surface area contributed by atoms with E-state index in [0.717, 1.165) is 44.0 Å². The number of hydrogen-bond acceptors (Lipinski definition) is 8. The molecule has 2 aliphatic rings. The number of anilines is 1. The van der Waals surface area contributed by atoms with Crippen molar-refractivity contribution in [3.63, 3.8) is 0 Å². The maximum absolute atomic E-state index is 12.3. The van der Waals surface area contributed by atoms with Gasteiger partial charge in [-0.05, 0) is 53.8 Å². The number of imidazole rings is 1. The van der Waals surface area contributed by atoms with E-state index in [1.165, 1.54) is 18.3 Å². The predicted molar refractivity (Wildman–Crippen MR) is 141 cm³/mol. The molecule has 1 saturated heterocycles. The van der Waals surface area contributed by atoms with Crippen LogP contribution in [0.15, 0.2) is 60.8 Å². The highest BCUT2D eigenvalue weighted by Gasteiger charge is 2.41. The molecule has 0 radical (unpaired) electrons. The number of nitrogens with zero attached hydrogens (tertiary/aromatic N) is 5. The van der Waals surface area contributed by atoms with Gasteiger partial charge >= 0.3 is 18.2 Å². The van der Waals surface area contributed by atoms with Gasteiger partial charge in [0.15, 0.2) is 5.60 Å². The molecule has 3 aromatic rings. The standard InChI is InChI=1S/C27H28F3N5O5/c1-26(18-34-17-24(35(36)37)31-25(34)40-26)19-38-22-10-6-21(7-11-22)33-15-13-32(14-16-33)12-2-3-20-4-8-23(9-5-20)39-27(28,29)30/h2-11,17H,12-16,18-19H2,1H3/t26-/m1/s1. The first-order chi connectivity index (χ1) is 19.1. The third-order valence-electron chi connectivity index (χ3n) is 6.66. The second-order valence-electron chi connectivity index (χ2n) is 9.91. The number of alkyl halides is 3. The first-order valence-electron chi connectivity index (χ1n) is 12.7. The van der Waals surface area contributed by atoms with Crippen LogP contribution in [0, 0.1) is 10.1 Å². The van der Waals surface area contributed by atoms with E-state index in [1.807, 2.05) is 43.3 Å². The van der Waals surface area contributed by atoms with Gasteiger partial charge < -0.3 is 29.2 Å². The molecule has 1 aromatic heterocycles. The molecule has 0 N–H and O–H groups in total. The average Bonchev–Trinajstić information content (AvgIpc) is 3.44. The topological polar surface area (TPSA) is 95.1 Å². The summed E-state index contributed by atoms with van der Waals surface area (Å²) in [7, 11) is 0. The van der Waals surface area contributed by atoms with E-state index < -0.39 is 16.9 Å². The summed E-state index contributed by atoms with van der Waals surface area (Å²) in [6.45, 7) is 6.77. The number of ether oxygens (including phenoxy) is 3. The summed E-state index contributed by atoms with van der Waals surface area (Å²) in [5.74, 6) is 0.227. The summed E-state index contributed by atoms with van der Waals surface area (Å²) in [6.07, 6.45) is 0.562. The Labute approximate surface area is 228 Å². The average molecular weight is 560 g/mol. The molecule has 40 heavy (non-hydrogen) atoms. The van der Waals surface area contributed by atoms with Crippen LogP contribution in [-0.2, 0) is 6.54 Å². The fourth-order valence-corrected chi connectivity index (χ4v) is 4.65. The van der Waals surface area contributed by atoms with Crippen molar-refractivity contribution in [1.82, 2.24) is 14.5 Å². The molecule has 5 rings (SSSR count). The van der Waals surface area contributed by atoms with Gasteiger partial charge in [0.2, 0.25) is 0 Å². The van der Waals surface area contributed by atoms with Gasteiger partial charge in [0.1, 0.15) is 24.3 Å². The van der Waals surface area contributed by atoms with Gasteiger partial charge in [-0.1, -0.05) is 24.3 Å². The Morgan fingerprint density at radius 3 is 2.38 bits per heavy atom. The maximum atomic E-state index is 12.3. The van der Waals surface area contributed by atoms with Crippen LogP contribution in [0.3, 0.4) is 0 Å². The molecule has 2 aromatic carbocycles. The van der Waals surface area contributed by atoms with Crippen molar-refractivity contribution < 1.29 is 32.3 Å². The van der Waals surface area contributed by atoms with E-state index >= 15 is 0 Å². The monoisotopic (exact) mass is 559 g/mol. The van der Waals surface area contributed by atoms with Gasteiger partial charge in [0.05, 0.1) is 6.54 Å². The van der Waals surface area contributed by atoms with Crippen LogP contribution in [0.25, 0.3) is 6.08 Å². The van der Waals surface area contributed by atoms with Crippen LogP contribution in [-0.4, -0.2) is 70.7 Å². The fraction of sp³-hybridized carbons (Fsp3) is 0.370. The zero-order chi connectivity index (χ0) is 28.3. The van der Waals surface area contributed by atoms with E-state index in [4.69, 9.17) is 9.47 Å². The third kappa shape index (κ3) is 6.84. The van der Waals surface area contributed by atoms with Crippen LogP contribution in [0.5, 0.6) is 17.5 Å². The number of nitro groups is 1. The van der Waals surface area contributed by atoms with Crippen molar-refractivity contribution in [2.75, 3.05) is 44.2 Å². The number of aromatic nitrogens is 2. The zero-order valence-electron chi connectivity index (χ0n) is 21.7. The van der Waals surface area contributed by atoms with E-state index in [2.05, 4.69) is 19.5 Å². The van der Waals surface area contributed by atoms with Gasteiger partial charge in [-0.3, -0.25) is 9.47 Å². The minimum atomic E-state index is -4.69. The largest absolute Gasteiger partial charge is 0.573 e. The smallest absolute Gasteiger partial charge is 0.489 e. The second-order valence-corrected chi connectivity index (χ2v) is 9.91. The predicted octanol–water partition coefficient (Wildman–Crippen LogP) is 4.76. The molecule has 10 nitrogen and oxygen atoms in total. The van der Waals surface area contributed by atoms with Crippen LogP contribution in [0.1, 0.15) is 12.5 Å². The SMILES string of the molecule is C[C@]1(COc2ccc(N3CCN(CC=Cc4ccc(OC(F)(F)F)cc4)CC3)cc2)Cn2cc([N+](=O)[O-])nc2O1. The summed E-state index contributed by atoms with van der Waals surface area (Å²) in [5, 5.41) is 10.9. The normalized spacial score (nSPS) is 19.4. The number of halogens is 3. The Morgan fingerprint density at radius 2 is 1.75 bits per heavy atom. The Bertz CT molecular complexity index is 1330. The zero-order valence-corrected chi connectivity index (χ0v) is 21.7. The van der Waals surface area contributed by atoms with Gasteiger partial charge in [-0.2, -0.15) is 0 Å². The molecule has 0 aliphatic carbocycles. The lowest BCUT2D eigenvalue weighted by atomic mass is 10.1. The molecule has 0 saturated carbocycles. The lowest BCUT2D eigenvalue weighted by Crippen LogP contribution is -2.46. The summed E-state index contributed by atoms with van der Waals surface area (Å²) in [5.41, 5.74) is 1.23. The molecular formula is C27H28F3N5O5. The lowest BCUT2D eigenvalue weighted by Gasteiger charge is -2.35. The van der Waals surface area contributed by atoms with E-state index in [0.29, 0.717) is 12.3 Å². The Morgan fingerprint density at radius 1 is 1.07 bits per heavy atom. The number of piperazine rings is 1. The van der Waals surface area contributed by atoms with Gasteiger partial charge in [0.25, 0.3) is 0 Å². The number of fused-ring (bicyclic) bond motifs is 1. The highest BCUT2D eigenvalue weighted by Crippen LogP contribution is 2.32. The first kappa shape index (κ1) is 27.3. The van der Waals surface area contributed by atoms with Crippen molar-refractivity contribution in [3.05, 3.63) is 76.5 Å². The molecule has 3 heterocycles. The summed E-state index contributed by atoms with van der Waals surface area (Å²) in [4.78, 5) is 18.8. The molecule has 0 unspecified atom stereocenters. The number of hydrogen-bond donors (Lipinski definition) is 0. The minimum Gasteiger partial charge on any atom is -0.489 e. The molecule has 0 spiro atoms. The summed E-state index contributed by atoms with van der Waals surface area (Å²) >= 11 is 0. The van der Waals surface area contributed by atoms with Crippen LogP contribution in [0.2, 0.25) is 0 Å². The Balaban J connectivity index is 1.04. The van der Waals surface area contributed by atoms with Gasteiger partial charge in [-0.15, -0.1) is 13.2 Å². The molecule has 1 atom stereocenters. The van der Waals surface area contributed by atoms with E-state index in [1.54, 1.807) is 16.7 Å². The van der Waals surface area contributed by atoms with Crippen molar-refractivity contribution in [2.24, 2.45) is 0 Å². The first-order valence-corrected chi connectivity index (χ1v) is 12.7. The fourth-order valence-electron chi connectivity index (χ4n) is 4.65. The molecular weight excluding hydrogens is 531 g/mol. The van der Waals surface area contributed by atoms with E-state index in [-0.39, 0.29) is 24.2 Å². The van der Waals surface area contributed by atoms with Crippen LogP contribution in [0.4, 0.5) is 24.7 Å². The Kier molecular flexibility index (Phi) is 7.57. The van der Waals surface area contributed by atoms with Gasteiger partial charge in [-0.25, -0.2) is 0 Å². The molecule has 13 heteroatoms. The number of rotatable bonds is 9.